The second kappa shape index (κ2) is 9.56. The summed E-state index contributed by atoms with van der Waals surface area (Å²) in [5, 5.41) is 9.03. The first-order valence-electron chi connectivity index (χ1n) is 7.74. The van der Waals surface area contributed by atoms with Gasteiger partial charge in [-0.1, -0.05) is 30.3 Å². The highest BCUT2D eigenvalue weighted by atomic mass is 16.7. The highest BCUT2D eigenvalue weighted by Gasteiger charge is 2.15. The van der Waals surface area contributed by atoms with Crippen LogP contribution in [0.5, 0.6) is 5.75 Å². The topological polar surface area (TPSA) is 82.1 Å². The Bertz CT molecular complexity index is 711. The fourth-order valence-corrected chi connectivity index (χ4v) is 2.37. The maximum Gasteiger partial charge on any atom is 0.307 e. The Labute approximate surface area is 146 Å². The Hall–Kier alpha value is -2.70. The number of carbonyl (C=O) groups excluding carboxylic acids is 1. The van der Waals surface area contributed by atoms with Crippen LogP contribution < -0.4 is 4.74 Å². The second-order valence-electron chi connectivity index (χ2n) is 5.28. The Kier molecular flexibility index (Phi) is 7.13. The normalized spacial score (nSPS) is 10.4. The molecule has 0 amide bonds. The number of aliphatic carboxylic acids is 1. The third-order valence-corrected chi connectivity index (χ3v) is 3.46. The summed E-state index contributed by atoms with van der Waals surface area (Å²) in [6.45, 7) is 0.764. The predicted octanol–water partition coefficient (Wildman–Crippen LogP) is 2.79. The van der Waals surface area contributed by atoms with Crippen LogP contribution in [0.4, 0.5) is 0 Å². The second-order valence-corrected chi connectivity index (χ2v) is 5.28. The molecule has 0 aromatic heterocycles. The summed E-state index contributed by atoms with van der Waals surface area (Å²) in [5.41, 5.74) is 2.29. The van der Waals surface area contributed by atoms with Crippen LogP contribution in [0.3, 0.4) is 0 Å². The summed E-state index contributed by atoms with van der Waals surface area (Å²) in [6, 6.07) is 12.6. The summed E-state index contributed by atoms with van der Waals surface area (Å²) < 4.78 is 15.9. The Morgan fingerprint density at radius 2 is 1.92 bits per heavy atom. The molecule has 2 aromatic rings. The van der Waals surface area contributed by atoms with E-state index in [2.05, 4.69) is 0 Å². The van der Waals surface area contributed by atoms with Crippen molar-refractivity contribution in [1.82, 2.24) is 0 Å². The van der Waals surface area contributed by atoms with Gasteiger partial charge in [-0.15, -0.1) is 0 Å². The van der Waals surface area contributed by atoms with Crippen molar-refractivity contribution < 1.29 is 28.9 Å². The molecule has 0 bridgehead atoms. The van der Waals surface area contributed by atoms with Crippen molar-refractivity contribution in [2.45, 2.75) is 6.42 Å². The minimum absolute atomic E-state index is 0.0394. The molecule has 0 saturated heterocycles. The van der Waals surface area contributed by atoms with E-state index in [1.165, 1.54) is 6.07 Å². The van der Waals surface area contributed by atoms with Gasteiger partial charge in [0.05, 0.1) is 25.2 Å². The SMILES string of the molecule is COCCOCOc1c(C=O)cc(CC(=O)O)cc1-c1ccccc1. The monoisotopic (exact) mass is 344 g/mol. The summed E-state index contributed by atoms with van der Waals surface area (Å²) in [4.78, 5) is 22.5. The van der Waals surface area contributed by atoms with Crippen LogP contribution in [0.2, 0.25) is 0 Å². The first-order chi connectivity index (χ1) is 12.2. The van der Waals surface area contributed by atoms with Crippen LogP contribution in [0.1, 0.15) is 15.9 Å². The summed E-state index contributed by atoms with van der Waals surface area (Å²) in [5.74, 6) is -0.597. The third kappa shape index (κ3) is 5.41. The summed E-state index contributed by atoms with van der Waals surface area (Å²) >= 11 is 0. The third-order valence-electron chi connectivity index (χ3n) is 3.46. The molecule has 0 aliphatic rings. The number of methoxy groups -OCH3 is 1. The van der Waals surface area contributed by atoms with Crippen LogP contribution >= 0.6 is 0 Å². The van der Waals surface area contributed by atoms with E-state index in [4.69, 9.17) is 19.3 Å². The van der Waals surface area contributed by atoms with Gasteiger partial charge in [0, 0.05) is 12.7 Å². The number of aldehydes is 1. The molecule has 25 heavy (non-hydrogen) atoms. The van der Waals surface area contributed by atoms with Gasteiger partial charge in [-0.25, -0.2) is 0 Å². The van der Waals surface area contributed by atoms with Crippen molar-refractivity contribution in [3.05, 3.63) is 53.6 Å². The molecule has 0 heterocycles. The average Bonchev–Trinajstić information content (AvgIpc) is 2.62. The van der Waals surface area contributed by atoms with Crippen molar-refractivity contribution in [1.29, 1.82) is 0 Å². The highest BCUT2D eigenvalue weighted by molar-refractivity contribution is 5.87. The number of ether oxygens (including phenoxy) is 3. The number of hydrogen-bond donors (Lipinski definition) is 1. The van der Waals surface area contributed by atoms with Gasteiger partial charge in [0.1, 0.15) is 5.75 Å². The molecule has 0 aliphatic heterocycles. The van der Waals surface area contributed by atoms with Gasteiger partial charge in [0.15, 0.2) is 13.1 Å². The Morgan fingerprint density at radius 3 is 2.56 bits per heavy atom. The van der Waals surface area contributed by atoms with E-state index in [1.54, 1.807) is 13.2 Å². The number of hydrogen-bond acceptors (Lipinski definition) is 5. The fourth-order valence-electron chi connectivity index (χ4n) is 2.37. The van der Waals surface area contributed by atoms with Crippen molar-refractivity contribution in [2.75, 3.05) is 27.1 Å². The first-order valence-corrected chi connectivity index (χ1v) is 7.74. The maximum atomic E-state index is 11.5. The lowest BCUT2D eigenvalue weighted by Gasteiger charge is -2.16. The molecule has 6 nitrogen and oxygen atoms in total. The standard InChI is InChI=1S/C19H20O6/c1-23-7-8-24-13-25-19-16(12-20)9-14(11-18(21)22)10-17(19)15-5-3-2-4-6-15/h2-6,9-10,12H,7-8,11,13H2,1H3,(H,21,22). The lowest BCUT2D eigenvalue weighted by molar-refractivity contribution is -0.136. The molecule has 6 heteroatoms. The molecule has 2 rings (SSSR count). The van der Waals surface area contributed by atoms with Gasteiger partial charge in [-0.05, 0) is 23.3 Å². The van der Waals surface area contributed by atoms with Gasteiger partial charge in [0.2, 0.25) is 0 Å². The zero-order valence-corrected chi connectivity index (χ0v) is 13.9. The highest BCUT2D eigenvalue weighted by Crippen LogP contribution is 2.34. The molecular weight excluding hydrogens is 324 g/mol. The number of benzene rings is 2. The molecular formula is C19H20O6. The molecule has 0 atom stereocenters. The van der Waals surface area contributed by atoms with E-state index in [1.807, 2.05) is 30.3 Å². The number of rotatable bonds is 10. The van der Waals surface area contributed by atoms with Crippen LogP contribution in [-0.2, 0) is 20.7 Å². The van der Waals surface area contributed by atoms with Crippen LogP contribution in [0, 0.1) is 0 Å². The first kappa shape index (κ1) is 18.6. The van der Waals surface area contributed by atoms with Gasteiger partial charge in [-0.2, -0.15) is 0 Å². The molecule has 0 aliphatic carbocycles. The van der Waals surface area contributed by atoms with Gasteiger partial charge < -0.3 is 19.3 Å². The summed E-state index contributed by atoms with van der Waals surface area (Å²) in [7, 11) is 1.57. The molecule has 0 saturated carbocycles. The number of carboxylic acid groups (broad SMARTS) is 1. The minimum Gasteiger partial charge on any atom is -0.481 e. The molecule has 2 aromatic carbocycles. The maximum absolute atomic E-state index is 11.5. The van der Waals surface area contributed by atoms with Gasteiger partial charge in [0.25, 0.3) is 0 Å². The Balaban J connectivity index is 2.36. The lowest BCUT2D eigenvalue weighted by Crippen LogP contribution is -2.10. The van der Waals surface area contributed by atoms with E-state index in [-0.39, 0.29) is 18.8 Å². The zero-order chi connectivity index (χ0) is 18.1. The molecule has 132 valence electrons. The smallest absolute Gasteiger partial charge is 0.307 e. The van der Waals surface area contributed by atoms with E-state index in [0.717, 1.165) is 5.56 Å². The predicted molar refractivity (Wildman–Crippen MR) is 91.9 cm³/mol. The number of carbonyl (C=O) groups is 2. The summed E-state index contributed by atoms with van der Waals surface area (Å²) in [6.07, 6.45) is 0.480. The van der Waals surface area contributed by atoms with Crippen molar-refractivity contribution in [3.63, 3.8) is 0 Å². The fraction of sp³-hybridized carbons (Fsp3) is 0.263. The zero-order valence-electron chi connectivity index (χ0n) is 13.9. The molecule has 0 unspecified atom stereocenters. The van der Waals surface area contributed by atoms with Crippen LogP contribution in [-0.4, -0.2) is 44.5 Å². The quantitative estimate of drug-likeness (QED) is 0.405. The van der Waals surface area contributed by atoms with E-state index < -0.39 is 5.97 Å². The van der Waals surface area contributed by atoms with Crippen molar-refractivity contribution in [3.8, 4) is 16.9 Å². The minimum atomic E-state index is -0.965. The van der Waals surface area contributed by atoms with Gasteiger partial charge in [-0.3, -0.25) is 9.59 Å². The van der Waals surface area contributed by atoms with Crippen molar-refractivity contribution in [2.24, 2.45) is 0 Å². The van der Waals surface area contributed by atoms with Gasteiger partial charge >= 0.3 is 5.97 Å². The molecule has 0 fully saturated rings. The molecule has 1 N–H and O–H groups in total. The van der Waals surface area contributed by atoms with E-state index in [0.29, 0.717) is 36.4 Å². The Morgan fingerprint density at radius 1 is 1.16 bits per heavy atom. The lowest BCUT2D eigenvalue weighted by atomic mass is 9.97. The average molecular weight is 344 g/mol. The van der Waals surface area contributed by atoms with Crippen LogP contribution in [0.25, 0.3) is 11.1 Å². The largest absolute Gasteiger partial charge is 0.481 e. The molecule has 0 spiro atoms. The van der Waals surface area contributed by atoms with E-state index >= 15 is 0 Å². The number of carboxylic acids is 1. The van der Waals surface area contributed by atoms with Crippen LogP contribution in [0.15, 0.2) is 42.5 Å². The van der Waals surface area contributed by atoms with Crippen molar-refractivity contribution >= 4 is 12.3 Å². The molecule has 0 radical (unpaired) electrons. The van der Waals surface area contributed by atoms with E-state index in [9.17, 15) is 9.59 Å².